The Morgan fingerprint density at radius 1 is 0.853 bits per heavy atom. The van der Waals surface area contributed by atoms with Crippen LogP contribution in [0.15, 0.2) is 51.7 Å². The summed E-state index contributed by atoms with van der Waals surface area (Å²) in [5, 5.41) is 59.6. The van der Waals surface area contributed by atoms with Crippen LogP contribution in [0.5, 0.6) is 46.0 Å². The Hall–Kier alpha value is -5.06. The Morgan fingerprint density at radius 2 is 1.53 bits per heavy atom. The highest BCUT2D eigenvalue weighted by molar-refractivity contribution is 5.96. The maximum absolute atomic E-state index is 12.7. The molecule has 0 amide bonds. The molecule has 4 aromatic rings. The molecular weight excluding hydrogens is 452 g/mol. The van der Waals surface area contributed by atoms with Gasteiger partial charge in [0, 0.05) is 17.7 Å². The topological polar surface area (TPSA) is 187 Å². The monoisotopic (exact) mass is 468 g/mol. The van der Waals surface area contributed by atoms with Gasteiger partial charge in [0.05, 0.1) is 7.11 Å². The van der Waals surface area contributed by atoms with Gasteiger partial charge in [-0.15, -0.1) is 0 Å². The van der Waals surface area contributed by atoms with E-state index in [0.717, 1.165) is 13.2 Å². The molecule has 0 aliphatic carbocycles. The van der Waals surface area contributed by atoms with Crippen molar-refractivity contribution in [2.24, 2.45) is 0 Å². The van der Waals surface area contributed by atoms with Gasteiger partial charge in [0.2, 0.25) is 28.7 Å². The quantitative estimate of drug-likeness (QED) is 0.235. The van der Waals surface area contributed by atoms with Crippen molar-refractivity contribution in [1.82, 2.24) is 0 Å². The lowest BCUT2D eigenvalue weighted by atomic mass is 10.1. The molecule has 34 heavy (non-hydrogen) atoms. The van der Waals surface area contributed by atoms with Crippen molar-refractivity contribution < 1.29 is 49.3 Å². The summed E-state index contributed by atoms with van der Waals surface area (Å²) < 4.78 is 16.4. The van der Waals surface area contributed by atoms with E-state index in [2.05, 4.69) is 0 Å². The van der Waals surface area contributed by atoms with Crippen molar-refractivity contribution in [2.45, 2.75) is 0 Å². The number of aromatic hydroxyl groups is 5. The molecule has 0 radical (unpaired) electrons. The number of benzene rings is 3. The van der Waals surface area contributed by atoms with Gasteiger partial charge >= 0.3 is 5.97 Å². The number of aromatic carboxylic acids is 1. The van der Waals surface area contributed by atoms with Gasteiger partial charge in [-0.25, -0.2) is 4.79 Å². The highest BCUT2D eigenvalue weighted by Crippen LogP contribution is 2.53. The van der Waals surface area contributed by atoms with E-state index in [1.54, 1.807) is 30.3 Å². The third-order valence-corrected chi connectivity index (χ3v) is 4.95. The van der Waals surface area contributed by atoms with E-state index >= 15 is 0 Å². The molecular formula is C23H16O11. The lowest BCUT2D eigenvalue weighted by Crippen LogP contribution is -2.04. The number of carbonyl (C=O) groups is 1. The molecule has 4 rings (SSSR count). The second-order valence-electron chi connectivity index (χ2n) is 6.98. The molecule has 0 aliphatic rings. The van der Waals surface area contributed by atoms with Gasteiger partial charge in [-0.2, -0.15) is 0 Å². The number of ether oxygens (including phenoxy) is 2. The molecule has 0 unspecified atom stereocenters. The van der Waals surface area contributed by atoms with Crippen LogP contribution in [0.1, 0.15) is 10.4 Å². The molecule has 3 aromatic carbocycles. The number of rotatable bonds is 5. The summed E-state index contributed by atoms with van der Waals surface area (Å²) in [5.41, 5.74) is -1.34. The Bertz CT molecular complexity index is 1500. The predicted octanol–water partition coefficient (Wildman–Crippen LogP) is 3.49. The molecule has 1 aromatic heterocycles. The summed E-state index contributed by atoms with van der Waals surface area (Å²) in [6, 6.07) is 10.3. The Balaban J connectivity index is 2.00. The molecule has 0 saturated carbocycles. The van der Waals surface area contributed by atoms with Crippen LogP contribution in [0.3, 0.4) is 0 Å². The molecule has 11 heteroatoms. The number of carboxylic acids is 1. The van der Waals surface area contributed by atoms with Crippen molar-refractivity contribution in [3.63, 3.8) is 0 Å². The normalized spacial score (nSPS) is 10.9. The van der Waals surface area contributed by atoms with Gasteiger partial charge in [-0.3, -0.25) is 4.79 Å². The van der Waals surface area contributed by atoms with E-state index in [1.807, 2.05) is 0 Å². The van der Waals surface area contributed by atoms with E-state index in [-0.39, 0.29) is 17.1 Å². The van der Waals surface area contributed by atoms with Crippen LogP contribution in [0.25, 0.3) is 22.3 Å². The van der Waals surface area contributed by atoms with Gasteiger partial charge in [-0.05, 0) is 0 Å². The zero-order valence-corrected chi connectivity index (χ0v) is 17.3. The first-order chi connectivity index (χ1) is 16.1. The molecule has 0 saturated heterocycles. The maximum Gasteiger partial charge on any atom is 0.339 e. The minimum Gasteiger partial charge on any atom is -0.504 e. The molecule has 0 fully saturated rings. The van der Waals surface area contributed by atoms with Crippen molar-refractivity contribution in [1.29, 1.82) is 0 Å². The fourth-order valence-corrected chi connectivity index (χ4v) is 3.31. The third kappa shape index (κ3) is 3.41. The molecule has 174 valence electrons. The van der Waals surface area contributed by atoms with Crippen molar-refractivity contribution in [3.8, 4) is 57.3 Å². The van der Waals surface area contributed by atoms with Crippen LogP contribution in [-0.2, 0) is 0 Å². The van der Waals surface area contributed by atoms with Crippen LogP contribution >= 0.6 is 0 Å². The van der Waals surface area contributed by atoms with E-state index < -0.39 is 62.6 Å². The number of hydrogen-bond acceptors (Lipinski definition) is 10. The summed E-state index contributed by atoms with van der Waals surface area (Å²) in [7, 11) is 1.14. The largest absolute Gasteiger partial charge is 0.504 e. The Labute approximate surface area is 189 Å². The number of carboxylic acid groups (broad SMARTS) is 1. The maximum atomic E-state index is 12.7. The van der Waals surface area contributed by atoms with Crippen molar-refractivity contribution >= 4 is 16.9 Å². The highest BCUT2D eigenvalue weighted by atomic mass is 16.5. The average Bonchev–Trinajstić information content (AvgIpc) is 2.82. The smallest absolute Gasteiger partial charge is 0.339 e. The van der Waals surface area contributed by atoms with Crippen LogP contribution in [0.2, 0.25) is 0 Å². The second kappa shape index (κ2) is 8.13. The second-order valence-corrected chi connectivity index (χ2v) is 6.98. The predicted molar refractivity (Wildman–Crippen MR) is 116 cm³/mol. The average molecular weight is 468 g/mol. The Morgan fingerprint density at radius 3 is 2.15 bits per heavy atom. The van der Waals surface area contributed by atoms with Gasteiger partial charge < -0.3 is 44.5 Å². The fourth-order valence-electron chi connectivity index (χ4n) is 3.31. The fraction of sp³-hybridized carbons (Fsp3) is 0.0435. The first kappa shape index (κ1) is 22.1. The minimum atomic E-state index is -1.66. The zero-order valence-electron chi connectivity index (χ0n) is 17.3. The molecule has 0 bridgehead atoms. The van der Waals surface area contributed by atoms with Gasteiger partial charge in [0.1, 0.15) is 16.7 Å². The van der Waals surface area contributed by atoms with Gasteiger partial charge in [-0.1, -0.05) is 30.3 Å². The SMILES string of the molecule is COc1c(Oc2cc(C(=O)O)c(O)c(O)c2O)c(O)c(O)c2c(=O)cc(-c3ccccc3)oc12. The Kier molecular flexibility index (Phi) is 5.30. The van der Waals surface area contributed by atoms with Crippen molar-refractivity contribution in [2.75, 3.05) is 7.11 Å². The first-order valence-electron chi connectivity index (χ1n) is 9.49. The highest BCUT2D eigenvalue weighted by Gasteiger charge is 2.29. The van der Waals surface area contributed by atoms with E-state index in [4.69, 9.17) is 13.9 Å². The standard InChI is InChI=1S/C23H16O11/c1-32-22-20-14(11(24)8-12(33-20)9-5-3-2-4-6-9)17(27)19(29)21(22)34-13-7-10(23(30)31)15(25)18(28)16(13)26/h2-8,25-29H,1H3,(H,30,31). The number of phenols is 5. The van der Waals surface area contributed by atoms with Gasteiger partial charge in [0.15, 0.2) is 28.3 Å². The van der Waals surface area contributed by atoms with Crippen LogP contribution < -0.4 is 14.9 Å². The summed E-state index contributed by atoms with van der Waals surface area (Å²) in [6.07, 6.45) is 0. The molecule has 6 N–H and O–H groups in total. The summed E-state index contributed by atoms with van der Waals surface area (Å²) in [6.45, 7) is 0. The van der Waals surface area contributed by atoms with E-state index in [0.29, 0.717) is 11.6 Å². The number of fused-ring (bicyclic) bond motifs is 1. The van der Waals surface area contributed by atoms with E-state index in [9.17, 15) is 40.2 Å². The van der Waals surface area contributed by atoms with Crippen LogP contribution in [0, 0.1) is 0 Å². The van der Waals surface area contributed by atoms with Crippen LogP contribution in [0.4, 0.5) is 0 Å². The molecule has 0 atom stereocenters. The summed E-state index contributed by atoms with van der Waals surface area (Å²) in [5.74, 6) is -8.64. The summed E-state index contributed by atoms with van der Waals surface area (Å²) >= 11 is 0. The minimum absolute atomic E-state index is 0.103. The lowest BCUT2D eigenvalue weighted by Gasteiger charge is -2.17. The third-order valence-electron chi connectivity index (χ3n) is 4.95. The molecule has 0 spiro atoms. The lowest BCUT2D eigenvalue weighted by molar-refractivity contribution is 0.0692. The van der Waals surface area contributed by atoms with Crippen LogP contribution in [-0.4, -0.2) is 43.7 Å². The van der Waals surface area contributed by atoms with E-state index in [1.165, 1.54) is 0 Å². The van der Waals surface area contributed by atoms with Crippen molar-refractivity contribution in [3.05, 3.63) is 58.3 Å². The first-order valence-corrected chi connectivity index (χ1v) is 9.49. The number of methoxy groups -OCH3 is 1. The van der Waals surface area contributed by atoms with Gasteiger partial charge in [0.25, 0.3) is 0 Å². The molecule has 11 nitrogen and oxygen atoms in total. The number of phenolic OH excluding ortho intramolecular Hbond substituents is 4. The number of hydrogen-bond donors (Lipinski definition) is 6. The summed E-state index contributed by atoms with van der Waals surface area (Å²) in [4.78, 5) is 24.1. The zero-order chi connectivity index (χ0) is 24.7. The molecule has 1 heterocycles. The molecule has 0 aliphatic heterocycles.